The van der Waals surface area contributed by atoms with Gasteiger partial charge in [-0.2, -0.15) is 0 Å². The molecule has 2 aromatic heterocycles. The van der Waals surface area contributed by atoms with E-state index in [0.717, 1.165) is 0 Å². The van der Waals surface area contributed by atoms with Gasteiger partial charge in [-0.3, -0.25) is 9.69 Å². The molecule has 0 spiro atoms. The van der Waals surface area contributed by atoms with Gasteiger partial charge in [0.25, 0.3) is 0 Å². The average molecular weight is 380 g/mol. The maximum Gasteiger partial charge on any atom is 0.573 e. The van der Waals surface area contributed by atoms with Crippen LogP contribution in [0, 0.1) is 0 Å². The van der Waals surface area contributed by atoms with Crippen molar-refractivity contribution in [3.8, 4) is 17.0 Å². The zero-order valence-electron chi connectivity index (χ0n) is 13.3. The Balaban J connectivity index is 1.92. The van der Waals surface area contributed by atoms with Crippen molar-refractivity contribution in [2.75, 3.05) is 4.90 Å². The molecule has 0 atom stereocenters. The SMILES string of the molecule is CC(=O)N(c1cncnc1)c1nc(-c2cccc(OC(F)(F)F)c2)cs1. The van der Waals surface area contributed by atoms with Crippen LogP contribution in [0.15, 0.2) is 48.4 Å². The number of hydrogen-bond donors (Lipinski definition) is 0. The lowest BCUT2D eigenvalue weighted by molar-refractivity contribution is -0.274. The summed E-state index contributed by atoms with van der Waals surface area (Å²) in [7, 11) is 0. The molecule has 3 rings (SSSR count). The summed E-state index contributed by atoms with van der Waals surface area (Å²) in [5, 5.41) is 1.99. The van der Waals surface area contributed by atoms with Gasteiger partial charge in [0.2, 0.25) is 5.91 Å². The number of anilines is 2. The normalized spacial score (nSPS) is 11.2. The fourth-order valence-corrected chi connectivity index (χ4v) is 3.08. The number of alkyl halides is 3. The molecule has 0 fully saturated rings. The standard InChI is InChI=1S/C16H11F3N4O2S/c1-10(24)23(12-6-20-9-21-7-12)15-22-14(8-26-15)11-3-2-4-13(5-11)25-16(17,18)19/h2-9H,1H3. The molecule has 6 nitrogen and oxygen atoms in total. The number of carbonyl (C=O) groups is 1. The van der Waals surface area contributed by atoms with Gasteiger partial charge in [-0.15, -0.1) is 24.5 Å². The van der Waals surface area contributed by atoms with Gasteiger partial charge in [0.1, 0.15) is 12.1 Å². The van der Waals surface area contributed by atoms with E-state index in [1.807, 2.05) is 0 Å². The van der Waals surface area contributed by atoms with Crippen LogP contribution in [-0.2, 0) is 4.79 Å². The number of thiazole rings is 1. The third kappa shape index (κ3) is 4.14. The molecule has 0 aliphatic heterocycles. The van der Waals surface area contributed by atoms with Crippen LogP contribution in [0.1, 0.15) is 6.92 Å². The summed E-state index contributed by atoms with van der Waals surface area (Å²) in [5.74, 6) is -0.640. The minimum Gasteiger partial charge on any atom is -0.406 e. The molecule has 1 aromatic carbocycles. The highest BCUT2D eigenvalue weighted by Crippen LogP contribution is 2.33. The lowest BCUT2D eigenvalue weighted by atomic mass is 10.2. The predicted octanol–water partition coefficient (Wildman–Crippen LogP) is 4.18. The van der Waals surface area contributed by atoms with Gasteiger partial charge in [-0.25, -0.2) is 15.0 Å². The Bertz CT molecular complexity index is 915. The van der Waals surface area contributed by atoms with Crippen molar-refractivity contribution in [2.45, 2.75) is 13.3 Å². The summed E-state index contributed by atoms with van der Waals surface area (Å²) >= 11 is 1.17. The first-order valence-corrected chi connectivity index (χ1v) is 8.09. The van der Waals surface area contributed by atoms with Crippen LogP contribution in [-0.4, -0.2) is 27.2 Å². The number of nitrogens with zero attached hydrogens (tertiary/aromatic N) is 4. The Labute approximate surface area is 149 Å². The van der Waals surface area contributed by atoms with Crippen molar-refractivity contribution in [2.24, 2.45) is 0 Å². The fraction of sp³-hybridized carbons (Fsp3) is 0.125. The van der Waals surface area contributed by atoms with E-state index < -0.39 is 6.36 Å². The molecule has 0 unspecified atom stereocenters. The van der Waals surface area contributed by atoms with Crippen molar-refractivity contribution in [1.29, 1.82) is 0 Å². The van der Waals surface area contributed by atoms with Crippen LogP contribution in [0.2, 0.25) is 0 Å². The lowest BCUT2D eigenvalue weighted by Gasteiger charge is -2.16. The van der Waals surface area contributed by atoms with E-state index in [0.29, 0.717) is 22.1 Å². The Kier molecular flexibility index (Phi) is 4.85. The molecule has 0 radical (unpaired) electrons. The summed E-state index contributed by atoms with van der Waals surface area (Å²) in [5.41, 5.74) is 1.29. The van der Waals surface area contributed by atoms with E-state index in [-0.39, 0.29) is 11.7 Å². The number of rotatable bonds is 4. The largest absolute Gasteiger partial charge is 0.573 e. The smallest absolute Gasteiger partial charge is 0.406 e. The van der Waals surface area contributed by atoms with Gasteiger partial charge in [-0.05, 0) is 12.1 Å². The van der Waals surface area contributed by atoms with Crippen LogP contribution in [0.3, 0.4) is 0 Å². The summed E-state index contributed by atoms with van der Waals surface area (Å²) in [4.78, 5) is 25.4. The molecule has 10 heteroatoms. The summed E-state index contributed by atoms with van der Waals surface area (Å²) in [6.07, 6.45) is -0.508. The van der Waals surface area contributed by atoms with Crippen LogP contribution >= 0.6 is 11.3 Å². The number of aromatic nitrogens is 3. The Morgan fingerprint density at radius 1 is 1.23 bits per heavy atom. The molecule has 0 bridgehead atoms. The number of halogens is 3. The van der Waals surface area contributed by atoms with Crippen molar-refractivity contribution in [3.05, 3.63) is 48.4 Å². The topological polar surface area (TPSA) is 68.2 Å². The van der Waals surface area contributed by atoms with E-state index in [1.54, 1.807) is 11.4 Å². The molecule has 0 aliphatic carbocycles. The third-order valence-electron chi connectivity index (χ3n) is 3.17. The Morgan fingerprint density at radius 3 is 2.62 bits per heavy atom. The van der Waals surface area contributed by atoms with Crippen molar-refractivity contribution >= 4 is 28.1 Å². The maximum atomic E-state index is 12.4. The highest BCUT2D eigenvalue weighted by Gasteiger charge is 2.31. The first-order chi connectivity index (χ1) is 12.3. The van der Waals surface area contributed by atoms with Crippen LogP contribution in [0.4, 0.5) is 24.0 Å². The van der Waals surface area contributed by atoms with Crippen molar-refractivity contribution in [1.82, 2.24) is 15.0 Å². The van der Waals surface area contributed by atoms with Gasteiger partial charge in [0, 0.05) is 17.9 Å². The zero-order valence-corrected chi connectivity index (χ0v) is 14.1. The van der Waals surface area contributed by atoms with Crippen LogP contribution < -0.4 is 9.64 Å². The van der Waals surface area contributed by atoms with Gasteiger partial charge >= 0.3 is 6.36 Å². The molecular formula is C16H11F3N4O2S. The molecule has 2 heterocycles. The first kappa shape index (κ1) is 17.8. The molecule has 0 saturated heterocycles. The van der Waals surface area contributed by atoms with E-state index in [1.165, 1.54) is 60.1 Å². The molecule has 0 N–H and O–H groups in total. The monoisotopic (exact) mass is 380 g/mol. The average Bonchev–Trinajstić information content (AvgIpc) is 3.04. The highest BCUT2D eigenvalue weighted by atomic mass is 32.1. The maximum absolute atomic E-state index is 12.4. The molecule has 0 saturated carbocycles. The summed E-state index contributed by atoms with van der Waals surface area (Å²) < 4.78 is 41.0. The number of ether oxygens (including phenoxy) is 1. The second kappa shape index (κ2) is 7.08. The summed E-state index contributed by atoms with van der Waals surface area (Å²) in [6.45, 7) is 1.37. The number of hydrogen-bond acceptors (Lipinski definition) is 6. The molecule has 134 valence electrons. The lowest BCUT2D eigenvalue weighted by Crippen LogP contribution is -2.22. The minimum absolute atomic E-state index is 0.296. The van der Waals surface area contributed by atoms with Crippen LogP contribution in [0.25, 0.3) is 11.3 Å². The minimum atomic E-state index is -4.77. The van der Waals surface area contributed by atoms with Gasteiger partial charge < -0.3 is 4.74 Å². The van der Waals surface area contributed by atoms with Gasteiger partial charge in [-0.1, -0.05) is 12.1 Å². The number of amides is 1. The Hall–Kier alpha value is -3.01. The van der Waals surface area contributed by atoms with Gasteiger partial charge in [0.15, 0.2) is 5.13 Å². The van der Waals surface area contributed by atoms with Crippen LogP contribution in [0.5, 0.6) is 5.75 Å². The molecule has 26 heavy (non-hydrogen) atoms. The molecule has 3 aromatic rings. The number of carbonyl (C=O) groups excluding carboxylic acids is 1. The first-order valence-electron chi connectivity index (χ1n) is 7.21. The molecular weight excluding hydrogens is 369 g/mol. The fourth-order valence-electron chi connectivity index (χ4n) is 2.19. The van der Waals surface area contributed by atoms with Gasteiger partial charge in [0.05, 0.1) is 23.8 Å². The van der Waals surface area contributed by atoms with E-state index in [9.17, 15) is 18.0 Å². The molecule has 0 aliphatic rings. The Morgan fingerprint density at radius 2 is 1.96 bits per heavy atom. The number of benzene rings is 1. The van der Waals surface area contributed by atoms with E-state index in [4.69, 9.17) is 0 Å². The van der Waals surface area contributed by atoms with Crippen molar-refractivity contribution in [3.63, 3.8) is 0 Å². The predicted molar refractivity (Wildman–Crippen MR) is 89.1 cm³/mol. The van der Waals surface area contributed by atoms with Crippen molar-refractivity contribution < 1.29 is 22.7 Å². The second-order valence-corrected chi connectivity index (χ2v) is 5.88. The second-order valence-electron chi connectivity index (χ2n) is 5.04. The quantitative estimate of drug-likeness (QED) is 0.679. The van der Waals surface area contributed by atoms with E-state index in [2.05, 4.69) is 19.7 Å². The zero-order chi connectivity index (χ0) is 18.7. The highest BCUT2D eigenvalue weighted by molar-refractivity contribution is 7.14. The third-order valence-corrected chi connectivity index (χ3v) is 3.99. The van der Waals surface area contributed by atoms with E-state index >= 15 is 0 Å². The molecule has 1 amide bonds. The summed E-state index contributed by atoms with van der Waals surface area (Å²) in [6, 6.07) is 5.47.